The van der Waals surface area contributed by atoms with Gasteiger partial charge >= 0.3 is 0 Å². The first-order chi connectivity index (χ1) is 10.3. The summed E-state index contributed by atoms with van der Waals surface area (Å²) in [5.41, 5.74) is 0.554. The van der Waals surface area contributed by atoms with Gasteiger partial charge in [0, 0.05) is 0 Å². The van der Waals surface area contributed by atoms with Gasteiger partial charge in [-0.15, -0.1) is 0 Å². The Balaban J connectivity index is 1.82. The number of nitriles is 1. The van der Waals surface area contributed by atoms with Gasteiger partial charge in [-0.25, -0.2) is 13.1 Å². The van der Waals surface area contributed by atoms with Crippen molar-refractivity contribution in [1.29, 1.82) is 5.26 Å². The second kappa shape index (κ2) is 6.34. The molecule has 118 valence electrons. The molecule has 1 aromatic carbocycles. The van der Waals surface area contributed by atoms with Crippen molar-refractivity contribution in [3.05, 3.63) is 29.8 Å². The first-order valence-corrected chi connectivity index (χ1v) is 8.60. The Labute approximate surface area is 129 Å². The normalized spacial score (nSPS) is 16.5. The van der Waals surface area contributed by atoms with Gasteiger partial charge in [-0.3, -0.25) is 4.79 Å². The fourth-order valence-corrected chi connectivity index (χ4v) is 2.88. The maximum absolute atomic E-state index is 12.0. The summed E-state index contributed by atoms with van der Waals surface area (Å²) in [4.78, 5) is 13.5. The summed E-state index contributed by atoms with van der Waals surface area (Å²) in [5.74, 6) is 0.364. The molecule has 0 aliphatic carbocycles. The molecule has 1 aromatic rings. The average molecular weight is 323 g/mol. The number of benzene rings is 1. The zero-order chi connectivity index (χ0) is 16.3. The Morgan fingerprint density at radius 3 is 2.50 bits per heavy atom. The number of hydrogen-bond donors (Lipinski definition) is 1. The zero-order valence-electron chi connectivity index (χ0n) is 12.3. The van der Waals surface area contributed by atoms with Crippen LogP contribution in [0.4, 0.5) is 0 Å². The van der Waals surface area contributed by atoms with Crippen LogP contribution >= 0.6 is 0 Å². The highest BCUT2D eigenvalue weighted by Crippen LogP contribution is 2.19. The van der Waals surface area contributed by atoms with Gasteiger partial charge in [0.2, 0.25) is 15.9 Å². The van der Waals surface area contributed by atoms with Crippen molar-refractivity contribution in [2.24, 2.45) is 0 Å². The maximum Gasteiger partial charge on any atom is 0.240 e. The van der Waals surface area contributed by atoms with Gasteiger partial charge in [0.1, 0.15) is 11.9 Å². The first kappa shape index (κ1) is 16.3. The van der Waals surface area contributed by atoms with Crippen molar-refractivity contribution in [3.63, 3.8) is 0 Å². The fraction of sp³-hybridized carbons (Fsp3) is 0.429. The van der Waals surface area contributed by atoms with E-state index in [1.165, 1.54) is 11.8 Å². The van der Waals surface area contributed by atoms with Crippen LogP contribution in [0, 0.1) is 11.3 Å². The third-order valence-corrected chi connectivity index (χ3v) is 3.99. The molecule has 2 rings (SSSR count). The number of rotatable bonds is 5. The molecule has 1 saturated heterocycles. The minimum absolute atomic E-state index is 0.123. The summed E-state index contributed by atoms with van der Waals surface area (Å²) in [7, 11) is -3.41. The van der Waals surface area contributed by atoms with Crippen LogP contribution in [-0.4, -0.2) is 50.7 Å². The summed E-state index contributed by atoms with van der Waals surface area (Å²) < 4.78 is 30.1. The molecule has 1 heterocycles. The van der Waals surface area contributed by atoms with E-state index in [-0.39, 0.29) is 12.0 Å². The first-order valence-electron chi connectivity index (χ1n) is 6.71. The molecule has 1 aliphatic heterocycles. The van der Waals surface area contributed by atoms with Gasteiger partial charge < -0.3 is 9.64 Å². The molecular formula is C14H17N3O4S. The van der Waals surface area contributed by atoms with E-state index in [9.17, 15) is 13.2 Å². The predicted octanol–water partition coefficient (Wildman–Crippen LogP) is 0.0856. The lowest BCUT2D eigenvalue weighted by Gasteiger charge is -2.40. The highest BCUT2D eigenvalue weighted by Gasteiger charge is 2.35. The van der Waals surface area contributed by atoms with Crippen LogP contribution in [0.3, 0.4) is 0 Å². The molecule has 0 bridgehead atoms. The second-order valence-electron chi connectivity index (χ2n) is 5.23. The number of likely N-dealkylation sites (tertiary alicyclic amines) is 1. The van der Waals surface area contributed by atoms with Gasteiger partial charge in [-0.05, 0) is 31.2 Å². The summed E-state index contributed by atoms with van der Waals surface area (Å²) in [5, 5.41) is 8.71. The molecule has 1 amide bonds. The smallest absolute Gasteiger partial charge is 0.240 e. The van der Waals surface area contributed by atoms with Crippen LogP contribution in [0.1, 0.15) is 12.5 Å². The van der Waals surface area contributed by atoms with E-state index in [1.54, 1.807) is 24.3 Å². The Bertz CT molecular complexity index is 688. The number of nitrogens with zero attached hydrogens (tertiary/aromatic N) is 2. The minimum Gasteiger partial charge on any atom is -0.487 e. The molecular weight excluding hydrogens is 306 g/mol. The number of hydrogen-bond acceptors (Lipinski definition) is 5. The molecule has 1 aliphatic rings. The van der Waals surface area contributed by atoms with E-state index in [2.05, 4.69) is 4.72 Å². The summed E-state index contributed by atoms with van der Waals surface area (Å²) >= 11 is 0. The van der Waals surface area contributed by atoms with Crippen molar-refractivity contribution >= 4 is 15.9 Å². The molecule has 7 nitrogen and oxygen atoms in total. The molecule has 0 saturated carbocycles. The molecule has 0 radical (unpaired) electrons. The van der Waals surface area contributed by atoms with Gasteiger partial charge in [-0.2, -0.15) is 5.26 Å². The highest BCUT2D eigenvalue weighted by atomic mass is 32.2. The van der Waals surface area contributed by atoms with Crippen molar-refractivity contribution < 1.29 is 17.9 Å². The summed E-state index contributed by atoms with van der Waals surface area (Å²) in [6.45, 7) is 2.33. The van der Waals surface area contributed by atoms with Crippen LogP contribution in [0.2, 0.25) is 0 Å². The van der Waals surface area contributed by atoms with Crippen molar-refractivity contribution in [2.75, 3.05) is 19.3 Å². The average Bonchev–Trinajstić information content (AvgIpc) is 2.40. The van der Waals surface area contributed by atoms with Crippen molar-refractivity contribution in [3.8, 4) is 11.8 Å². The monoisotopic (exact) mass is 323 g/mol. The van der Waals surface area contributed by atoms with Crippen LogP contribution in [0.25, 0.3) is 0 Å². The molecule has 0 aromatic heterocycles. The number of sulfonamides is 1. The maximum atomic E-state index is 12.0. The van der Waals surface area contributed by atoms with Gasteiger partial charge in [0.15, 0.2) is 0 Å². The molecule has 22 heavy (non-hydrogen) atoms. The molecule has 1 fully saturated rings. The number of ether oxygens (including phenoxy) is 1. The number of amides is 1. The third-order valence-electron chi connectivity index (χ3n) is 3.21. The lowest BCUT2D eigenvalue weighted by atomic mass is 10.1. The topological polar surface area (TPSA) is 99.5 Å². The van der Waals surface area contributed by atoms with E-state index >= 15 is 0 Å². The third kappa shape index (κ3) is 4.19. The molecule has 0 spiro atoms. The second-order valence-corrected chi connectivity index (χ2v) is 7.01. The molecule has 1 N–H and O–H groups in total. The Morgan fingerprint density at radius 2 is 2.00 bits per heavy atom. The lowest BCUT2D eigenvalue weighted by Crippen LogP contribution is -2.60. The standard InChI is InChI=1S/C14H17N3O4S/c1-10(16-22(2,19)20)14(18)17-8-13(9-17)21-12-5-3-11(7-15)4-6-12/h3-6,10,13,16H,8-9H2,1-2H3. The van der Waals surface area contributed by atoms with Crippen LogP contribution < -0.4 is 9.46 Å². The molecule has 1 atom stereocenters. The fourth-order valence-electron chi connectivity index (χ4n) is 2.14. The van der Waals surface area contributed by atoms with E-state index in [4.69, 9.17) is 10.00 Å². The number of carbonyl (C=O) groups excluding carboxylic acids is 1. The summed E-state index contributed by atoms with van der Waals surface area (Å²) in [6, 6.07) is 7.97. The largest absolute Gasteiger partial charge is 0.487 e. The van der Waals surface area contributed by atoms with E-state index in [0.29, 0.717) is 24.4 Å². The lowest BCUT2D eigenvalue weighted by molar-refractivity contribution is -0.141. The van der Waals surface area contributed by atoms with Gasteiger partial charge in [-0.1, -0.05) is 0 Å². The van der Waals surface area contributed by atoms with Crippen LogP contribution in [0.5, 0.6) is 5.75 Å². The summed E-state index contributed by atoms with van der Waals surface area (Å²) in [6.07, 6.45) is 0.895. The molecule has 1 unspecified atom stereocenters. The highest BCUT2D eigenvalue weighted by molar-refractivity contribution is 7.88. The number of carbonyl (C=O) groups is 1. The van der Waals surface area contributed by atoms with E-state index in [0.717, 1.165) is 6.26 Å². The van der Waals surface area contributed by atoms with Crippen LogP contribution in [-0.2, 0) is 14.8 Å². The SMILES string of the molecule is CC(NS(C)(=O)=O)C(=O)N1CC(Oc2ccc(C#N)cc2)C1. The zero-order valence-corrected chi connectivity index (χ0v) is 13.1. The van der Waals surface area contributed by atoms with Crippen molar-refractivity contribution in [1.82, 2.24) is 9.62 Å². The van der Waals surface area contributed by atoms with Crippen molar-refractivity contribution in [2.45, 2.75) is 19.1 Å². The number of nitrogens with one attached hydrogen (secondary N) is 1. The Hall–Kier alpha value is -2.11. The minimum atomic E-state index is -3.41. The van der Waals surface area contributed by atoms with Gasteiger partial charge in [0.25, 0.3) is 0 Å². The van der Waals surface area contributed by atoms with E-state index < -0.39 is 16.1 Å². The predicted molar refractivity (Wildman–Crippen MR) is 79.6 cm³/mol. The quantitative estimate of drug-likeness (QED) is 0.827. The Morgan fingerprint density at radius 1 is 1.41 bits per heavy atom. The van der Waals surface area contributed by atoms with Crippen LogP contribution in [0.15, 0.2) is 24.3 Å². The molecule has 8 heteroatoms. The van der Waals surface area contributed by atoms with E-state index in [1.807, 2.05) is 6.07 Å². The Kier molecular flexibility index (Phi) is 4.68. The van der Waals surface area contributed by atoms with Gasteiger partial charge in [0.05, 0.1) is 37.0 Å².